The molecule has 0 unspecified atom stereocenters. The summed E-state index contributed by atoms with van der Waals surface area (Å²) in [6, 6.07) is 7.00. The van der Waals surface area contributed by atoms with Crippen LogP contribution in [0.4, 0.5) is 0 Å². The zero-order chi connectivity index (χ0) is 13.2. The first-order chi connectivity index (χ1) is 8.47. The second kappa shape index (κ2) is 5.59. The third kappa shape index (κ3) is 3.46. The van der Waals surface area contributed by atoms with Gasteiger partial charge in [0.1, 0.15) is 0 Å². The lowest BCUT2D eigenvalue weighted by molar-refractivity contribution is 0.281. The van der Waals surface area contributed by atoms with Crippen molar-refractivity contribution in [3.05, 3.63) is 34.9 Å². The van der Waals surface area contributed by atoms with E-state index in [1.54, 1.807) is 28.6 Å². The molecular formula is C13H18ClNO2S. The lowest BCUT2D eigenvalue weighted by atomic mass is 10.0. The van der Waals surface area contributed by atoms with Crippen LogP contribution in [0.2, 0.25) is 5.02 Å². The van der Waals surface area contributed by atoms with Gasteiger partial charge in [-0.25, -0.2) is 12.7 Å². The molecule has 1 aromatic rings. The van der Waals surface area contributed by atoms with E-state index in [-0.39, 0.29) is 5.75 Å². The lowest BCUT2D eigenvalue weighted by Gasteiger charge is -2.30. The largest absolute Gasteiger partial charge is 0.218 e. The van der Waals surface area contributed by atoms with E-state index in [1.165, 1.54) is 0 Å². The molecule has 0 N–H and O–H groups in total. The zero-order valence-electron chi connectivity index (χ0n) is 10.5. The smallest absolute Gasteiger partial charge is 0.212 e. The van der Waals surface area contributed by atoms with Crippen molar-refractivity contribution in [3.8, 4) is 0 Å². The first-order valence-electron chi connectivity index (χ1n) is 6.19. The molecule has 18 heavy (non-hydrogen) atoms. The third-order valence-corrected chi connectivity index (χ3v) is 5.34. The molecule has 1 aromatic carbocycles. The van der Waals surface area contributed by atoms with Crippen LogP contribution in [0.3, 0.4) is 0 Å². The highest BCUT2D eigenvalue weighted by atomic mass is 35.5. The van der Waals surface area contributed by atoms with Gasteiger partial charge in [-0.2, -0.15) is 0 Å². The number of piperidine rings is 1. The number of hydrogen-bond acceptors (Lipinski definition) is 2. The van der Waals surface area contributed by atoms with E-state index in [4.69, 9.17) is 11.6 Å². The van der Waals surface area contributed by atoms with Crippen LogP contribution in [0.25, 0.3) is 0 Å². The number of hydrogen-bond donors (Lipinski definition) is 0. The second-order valence-electron chi connectivity index (χ2n) is 4.99. The minimum atomic E-state index is -3.19. The molecule has 0 radical (unpaired) electrons. The maximum absolute atomic E-state index is 12.3. The van der Waals surface area contributed by atoms with Crippen molar-refractivity contribution in [2.75, 3.05) is 13.1 Å². The van der Waals surface area contributed by atoms with Gasteiger partial charge in [0.2, 0.25) is 10.0 Å². The number of rotatable bonds is 3. The summed E-state index contributed by atoms with van der Waals surface area (Å²) in [5, 5.41) is 0.628. The summed E-state index contributed by atoms with van der Waals surface area (Å²) in [7, 11) is -3.19. The molecule has 1 atom stereocenters. The highest BCUT2D eigenvalue weighted by Crippen LogP contribution is 2.21. The molecule has 0 aliphatic carbocycles. The van der Waals surface area contributed by atoms with E-state index in [9.17, 15) is 8.42 Å². The van der Waals surface area contributed by atoms with Gasteiger partial charge in [0.05, 0.1) is 5.75 Å². The van der Waals surface area contributed by atoms with Gasteiger partial charge in [-0.3, -0.25) is 0 Å². The highest BCUT2D eigenvalue weighted by Gasteiger charge is 2.26. The first kappa shape index (κ1) is 13.8. The molecule has 0 aromatic heterocycles. The molecule has 0 saturated carbocycles. The summed E-state index contributed by atoms with van der Waals surface area (Å²) < 4.78 is 26.2. The minimum absolute atomic E-state index is 0.0664. The predicted molar refractivity (Wildman–Crippen MR) is 74.0 cm³/mol. The first-order valence-corrected chi connectivity index (χ1v) is 8.18. The van der Waals surface area contributed by atoms with Crippen LogP contribution in [-0.4, -0.2) is 25.8 Å². The monoisotopic (exact) mass is 287 g/mol. The van der Waals surface area contributed by atoms with Crippen molar-refractivity contribution in [3.63, 3.8) is 0 Å². The average Bonchev–Trinajstić information content (AvgIpc) is 2.32. The van der Waals surface area contributed by atoms with E-state index in [0.29, 0.717) is 24.0 Å². The quantitative estimate of drug-likeness (QED) is 0.857. The Balaban J connectivity index is 2.09. The van der Waals surface area contributed by atoms with Crippen LogP contribution >= 0.6 is 11.6 Å². The van der Waals surface area contributed by atoms with Gasteiger partial charge in [0.25, 0.3) is 0 Å². The van der Waals surface area contributed by atoms with E-state index < -0.39 is 10.0 Å². The molecule has 1 aliphatic heterocycles. The molecule has 2 rings (SSSR count). The topological polar surface area (TPSA) is 37.4 Å². The van der Waals surface area contributed by atoms with Crippen molar-refractivity contribution in [1.82, 2.24) is 4.31 Å². The fraction of sp³-hybridized carbons (Fsp3) is 0.538. The number of nitrogens with zero attached hydrogens (tertiary/aromatic N) is 1. The van der Waals surface area contributed by atoms with Crippen LogP contribution < -0.4 is 0 Å². The Labute approximate surface area is 114 Å². The highest BCUT2D eigenvalue weighted by molar-refractivity contribution is 7.88. The SMILES string of the molecule is C[C@@H]1CCCN(S(=O)(=O)Cc2ccc(Cl)cc2)C1. The number of halogens is 1. The van der Waals surface area contributed by atoms with Crippen LogP contribution in [0.1, 0.15) is 25.3 Å². The van der Waals surface area contributed by atoms with Gasteiger partial charge < -0.3 is 0 Å². The summed E-state index contributed by atoms with van der Waals surface area (Å²) in [6.45, 7) is 3.40. The summed E-state index contributed by atoms with van der Waals surface area (Å²) in [5.74, 6) is 0.524. The molecule has 5 heteroatoms. The average molecular weight is 288 g/mol. The van der Waals surface area contributed by atoms with Crippen molar-refractivity contribution < 1.29 is 8.42 Å². The summed E-state index contributed by atoms with van der Waals surface area (Å²) in [5.41, 5.74) is 0.789. The summed E-state index contributed by atoms with van der Waals surface area (Å²) in [4.78, 5) is 0. The van der Waals surface area contributed by atoms with E-state index in [1.807, 2.05) is 0 Å². The fourth-order valence-corrected chi connectivity index (χ4v) is 4.09. The number of benzene rings is 1. The lowest BCUT2D eigenvalue weighted by Crippen LogP contribution is -2.39. The fourth-order valence-electron chi connectivity index (χ4n) is 2.28. The molecule has 1 heterocycles. The standard InChI is InChI=1S/C13H18ClNO2S/c1-11-3-2-8-15(9-11)18(16,17)10-12-4-6-13(14)7-5-12/h4-7,11H,2-3,8-10H2,1H3/t11-/m1/s1. The Morgan fingerprint density at radius 1 is 1.33 bits per heavy atom. The Kier molecular flexibility index (Phi) is 4.30. The molecular weight excluding hydrogens is 270 g/mol. The molecule has 100 valence electrons. The van der Waals surface area contributed by atoms with Crippen LogP contribution in [0.15, 0.2) is 24.3 Å². The maximum atomic E-state index is 12.3. The normalized spacial score (nSPS) is 22.0. The van der Waals surface area contributed by atoms with Gasteiger partial charge in [-0.1, -0.05) is 30.7 Å². The molecule has 0 spiro atoms. The molecule has 0 bridgehead atoms. The van der Waals surface area contributed by atoms with Crippen LogP contribution in [-0.2, 0) is 15.8 Å². The molecule has 1 aliphatic rings. The van der Waals surface area contributed by atoms with Crippen LogP contribution in [0, 0.1) is 5.92 Å². The van der Waals surface area contributed by atoms with E-state index in [0.717, 1.165) is 18.4 Å². The van der Waals surface area contributed by atoms with E-state index >= 15 is 0 Å². The van der Waals surface area contributed by atoms with Crippen molar-refractivity contribution in [2.45, 2.75) is 25.5 Å². The Hall–Kier alpha value is -0.580. The summed E-state index contributed by atoms with van der Waals surface area (Å²) >= 11 is 5.79. The Morgan fingerprint density at radius 3 is 2.61 bits per heavy atom. The predicted octanol–water partition coefficient (Wildman–Crippen LogP) is 2.90. The van der Waals surface area contributed by atoms with Gasteiger partial charge >= 0.3 is 0 Å². The second-order valence-corrected chi connectivity index (χ2v) is 7.39. The molecule has 0 amide bonds. The molecule has 3 nitrogen and oxygen atoms in total. The Morgan fingerprint density at radius 2 is 2.00 bits per heavy atom. The van der Waals surface area contributed by atoms with Gasteiger partial charge in [-0.05, 0) is 36.5 Å². The maximum Gasteiger partial charge on any atom is 0.218 e. The van der Waals surface area contributed by atoms with Gasteiger partial charge in [0, 0.05) is 18.1 Å². The molecule has 1 saturated heterocycles. The number of sulfonamides is 1. The molecule has 1 fully saturated rings. The van der Waals surface area contributed by atoms with Crippen molar-refractivity contribution in [1.29, 1.82) is 0 Å². The Bertz CT molecular complexity index is 498. The van der Waals surface area contributed by atoms with Crippen molar-refractivity contribution in [2.24, 2.45) is 5.92 Å². The van der Waals surface area contributed by atoms with Gasteiger partial charge in [-0.15, -0.1) is 0 Å². The van der Waals surface area contributed by atoms with Crippen LogP contribution in [0.5, 0.6) is 0 Å². The summed E-state index contributed by atoms with van der Waals surface area (Å²) in [6.07, 6.45) is 2.08. The van der Waals surface area contributed by atoms with Gasteiger partial charge in [0.15, 0.2) is 0 Å². The zero-order valence-corrected chi connectivity index (χ0v) is 12.0. The minimum Gasteiger partial charge on any atom is -0.212 e. The van der Waals surface area contributed by atoms with E-state index in [2.05, 4.69) is 6.92 Å². The third-order valence-electron chi connectivity index (χ3n) is 3.28. The van der Waals surface area contributed by atoms with Crippen molar-refractivity contribution >= 4 is 21.6 Å².